The molecule has 0 bridgehead atoms. The molecule has 1 heterocycles. The second-order valence-electron chi connectivity index (χ2n) is 6.14. The highest BCUT2D eigenvalue weighted by atomic mass is 16.3. The van der Waals surface area contributed by atoms with E-state index in [0.717, 1.165) is 52.4 Å². The van der Waals surface area contributed by atoms with E-state index in [9.17, 15) is 0 Å². The van der Waals surface area contributed by atoms with E-state index in [0.29, 0.717) is 0 Å². The maximum absolute atomic E-state index is 6.16. The van der Waals surface area contributed by atoms with Crippen LogP contribution in [0, 0.1) is 0 Å². The molecule has 0 saturated heterocycles. The summed E-state index contributed by atoms with van der Waals surface area (Å²) in [5.41, 5.74) is 4.56. The Labute approximate surface area is 152 Å². The van der Waals surface area contributed by atoms with Gasteiger partial charge in [-0.05, 0) is 50.2 Å². The molecule has 4 nitrogen and oxygen atoms in total. The predicted octanol–water partition coefficient (Wildman–Crippen LogP) is 5.01. The summed E-state index contributed by atoms with van der Waals surface area (Å²) < 4.78 is 6.16. The highest BCUT2D eigenvalue weighted by Crippen LogP contribution is 2.27. The van der Waals surface area contributed by atoms with Gasteiger partial charge in [0.15, 0.2) is 11.3 Å². The molecule has 0 N–H and O–H groups in total. The molecule has 0 radical (unpaired) electrons. The maximum atomic E-state index is 6.16. The van der Waals surface area contributed by atoms with Crippen LogP contribution >= 0.6 is 0 Å². The van der Waals surface area contributed by atoms with Crippen LogP contribution in [0.3, 0.4) is 0 Å². The first kappa shape index (κ1) is 16.3. The van der Waals surface area contributed by atoms with Crippen molar-refractivity contribution in [1.29, 1.82) is 0 Å². The fraction of sp³-hybridized carbons (Fsp3) is 0.182. The number of anilines is 1. The van der Waals surface area contributed by atoms with Crippen LogP contribution in [0.15, 0.2) is 76.1 Å². The third-order valence-corrected chi connectivity index (χ3v) is 4.49. The third kappa shape index (κ3) is 3.18. The minimum atomic E-state index is 0.742. The van der Waals surface area contributed by atoms with Crippen molar-refractivity contribution < 1.29 is 4.42 Å². The Kier molecular flexibility index (Phi) is 4.40. The van der Waals surface area contributed by atoms with Gasteiger partial charge in [0.25, 0.3) is 0 Å². The van der Waals surface area contributed by atoms with Crippen molar-refractivity contribution in [3.63, 3.8) is 0 Å². The Hall–Kier alpha value is -3.14. The monoisotopic (exact) mass is 343 g/mol. The fourth-order valence-electron chi connectivity index (χ4n) is 3.11. The summed E-state index contributed by atoms with van der Waals surface area (Å²) in [7, 11) is 0. The van der Waals surface area contributed by atoms with Crippen LogP contribution in [0.5, 0.6) is 0 Å². The van der Waals surface area contributed by atoms with Crippen molar-refractivity contribution in [1.82, 2.24) is 4.98 Å². The minimum absolute atomic E-state index is 0.742. The first-order chi connectivity index (χ1) is 12.8. The average Bonchev–Trinajstić information content (AvgIpc) is 2.68. The molecule has 26 heavy (non-hydrogen) atoms. The molecule has 2 aromatic rings. The highest BCUT2D eigenvalue weighted by molar-refractivity contribution is 5.80. The van der Waals surface area contributed by atoms with Crippen LogP contribution in [0.4, 0.5) is 11.4 Å². The van der Waals surface area contributed by atoms with Crippen LogP contribution in [0.1, 0.15) is 13.8 Å². The normalized spacial score (nSPS) is 12.0. The fourth-order valence-corrected chi connectivity index (χ4v) is 3.11. The van der Waals surface area contributed by atoms with E-state index in [2.05, 4.69) is 35.9 Å². The van der Waals surface area contributed by atoms with E-state index < -0.39 is 0 Å². The Morgan fingerprint density at radius 2 is 1.73 bits per heavy atom. The maximum Gasteiger partial charge on any atom is 0.155 e. The van der Waals surface area contributed by atoms with Gasteiger partial charge in [0.2, 0.25) is 0 Å². The number of para-hydroxylation sites is 1. The zero-order valence-corrected chi connectivity index (χ0v) is 15.0. The molecule has 0 aromatic heterocycles. The van der Waals surface area contributed by atoms with E-state index in [4.69, 9.17) is 9.40 Å². The molecule has 0 amide bonds. The number of hydrogen-bond donors (Lipinski definition) is 0. The number of rotatable bonds is 4. The van der Waals surface area contributed by atoms with Gasteiger partial charge in [-0.3, -0.25) is 0 Å². The average molecular weight is 343 g/mol. The quantitative estimate of drug-likeness (QED) is 0.489. The molecule has 4 rings (SSSR count). The molecule has 2 aliphatic rings. The largest absolute Gasteiger partial charge is 0.453 e. The van der Waals surface area contributed by atoms with Gasteiger partial charge in [-0.2, -0.15) is 0 Å². The molecule has 4 heteroatoms. The van der Waals surface area contributed by atoms with E-state index >= 15 is 0 Å². The summed E-state index contributed by atoms with van der Waals surface area (Å²) in [6.07, 6.45) is 0. The van der Waals surface area contributed by atoms with Gasteiger partial charge in [0, 0.05) is 30.9 Å². The number of benzene rings is 3. The summed E-state index contributed by atoms with van der Waals surface area (Å²) in [5.74, 6) is 0.742. The topological polar surface area (TPSA) is 41.6 Å². The van der Waals surface area contributed by atoms with Crippen molar-refractivity contribution in [2.24, 2.45) is 4.99 Å². The molecule has 0 spiro atoms. The standard InChI is InChI=1S/C22H21N3O/c1-3-25(4-2)18-11-13-20-22(15-18)26-21-14-17(10-12-19(21)24-20)23-16-8-6-5-7-9-16/h5-15H,3-4H2,1-2H3. The molecule has 1 aliphatic carbocycles. The van der Waals surface area contributed by atoms with E-state index in [1.165, 1.54) is 0 Å². The summed E-state index contributed by atoms with van der Waals surface area (Å²) in [4.78, 5) is 11.7. The number of fused-ring (bicyclic) bond motifs is 2. The van der Waals surface area contributed by atoms with Crippen LogP contribution < -0.4 is 10.3 Å². The summed E-state index contributed by atoms with van der Waals surface area (Å²) in [6, 6.07) is 22.0. The lowest BCUT2D eigenvalue weighted by atomic mass is 10.2. The number of hydrogen-bond acceptors (Lipinski definition) is 4. The lowest BCUT2D eigenvalue weighted by Gasteiger charge is -2.21. The smallest absolute Gasteiger partial charge is 0.155 e. The molecule has 0 atom stereocenters. The highest BCUT2D eigenvalue weighted by Gasteiger charge is 2.10. The third-order valence-electron chi connectivity index (χ3n) is 4.49. The van der Waals surface area contributed by atoms with Crippen LogP contribution in [-0.4, -0.2) is 18.1 Å². The molecule has 0 unspecified atom stereocenters. The molecule has 2 aromatic carbocycles. The van der Waals surface area contributed by atoms with Gasteiger partial charge >= 0.3 is 0 Å². The van der Waals surface area contributed by atoms with Gasteiger partial charge in [-0.1, -0.05) is 18.2 Å². The van der Waals surface area contributed by atoms with Crippen LogP contribution in [0.2, 0.25) is 0 Å². The molecular formula is C22H21N3O. The molecule has 1 aliphatic heterocycles. The first-order valence-corrected chi connectivity index (χ1v) is 8.96. The Morgan fingerprint density at radius 3 is 2.50 bits per heavy atom. The Balaban J connectivity index is 1.83. The van der Waals surface area contributed by atoms with Crippen molar-refractivity contribution >= 4 is 22.5 Å². The first-order valence-electron chi connectivity index (χ1n) is 8.96. The SMILES string of the molecule is CCN(CC)c1ccc2nc3ccc(=Nc4ccccc4)cc-3oc2c1. The van der Waals surface area contributed by atoms with Gasteiger partial charge in [0.05, 0.1) is 11.0 Å². The van der Waals surface area contributed by atoms with Gasteiger partial charge < -0.3 is 9.32 Å². The lowest BCUT2D eigenvalue weighted by Crippen LogP contribution is -2.21. The zero-order chi connectivity index (χ0) is 17.9. The molecular weight excluding hydrogens is 322 g/mol. The molecule has 0 saturated carbocycles. The van der Waals surface area contributed by atoms with Gasteiger partial charge in [-0.25, -0.2) is 9.98 Å². The Bertz CT molecular complexity index is 1070. The van der Waals surface area contributed by atoms with Gasteiger partial charge in [0.1, 0.15) is 11.2 Å². The zero-order valence-electron chi connectivity index (χ0n) is 15.0. The van der Waals surface area contributed by atoms with Crippen LogP contribution in [-0.2, 0) is 0 Å². The number of aromatic nitrogens is 1. The minimum Gasteiger partial charge on any atom is -0.453 e. The summed E-state index contributed by atoms with van der Waals surface area (Å²) in [6.45, 7) is 6.23. The van der Waals surface area contributed by atoms with E-state index in [-0.39, 0.29) is 0 Å². The van der Waals surface area contributed by atoms with Crippen molar-refractivity contribution in [3.8, 4) is 11.5 Å². The van der Waals surface area contributed by atoms with Crippen molar-refractivity contribution in [3.05, 3.63) is 72.1 Å². The Morgan fingerprint density at radius 1 is 0.923 bits per heavy atom. The van der Waals surface area contributed by atoms with E-state index in [1.54, 1.807) is 0 Å². The van der Waals surface area contributed by atoms with E-state index in [1.807, 2.05) is 54.6 Å². The summed E-state index contributed by atoms with van der Waals surface area (Å²) >= 11 is 0. The predicted molar refractivity (Wildman–Crippen MR) is 106 cm³/mol. The van der Waals surface area contributed by atoms with Crippen molar-refractivity contribution in [2.75, 3.05) is 18.0 Å². The molecule has 0 fully saturated rings. The lowest BCUT2D eigenvalue weighted by molar-refractivity contribution is 0.612. The second-order valence-corrected chi connectivity index (χ2v) is 6.14. The second kappa shape index (κ2) is 7.00. The summed E-state index contributed by atoms with van der Waals surface area (Å²) in [5, 5.41) is 0.855. The van der Waals surface area contributed by atoms with Gasteiger partial charge in [-0.15, -0.1) is 0 Å². The van der Waals surface area contributed by atoms with Crippen molar-refractivity contribution in [2.45, 2.75) is 13.8 Å². The van der Waals surface area contributed by atoms with Crippen LogP contribution in [0.25, 0.3) is 22.6 Å². The number of nitrogens with zero attached hydrogens (tertiary/aromatic N) is 3. The molecule has 130 valence electrons.